The van der Waals surface area contributed by atoms with E-state index in [-0.39, 0.29) is 12.5 Å². The molecule has 1 aliphatic heterocycles. The number of allylic oxidation sites excluding steroid dienone is 1. The van der Waals surface area contributed by atoms with Gasteiger partial charge in [-0.05, 0) is 31.4 Å². The molecule has 0 bridgehead atoms. The number of carbonyl (C=O) groups excluding carboxylic acids is 1. The van der Waals surface area contributed by atoms with Crippen LogP contribution in [-0.2, 0) is 9.59 Å². The number of rotatable bonds is 4. The summed E-state index contributed by atoms with van der Waals surface area (Å²) in [5.74, 6) is -0.721. The number of benzene rings is 1. The molecule has 0 aliphatic carbocycles. The number of methoxy groups -OCH3 is 1. The van der Waals surface area contributed by atoms with Gasteiger partial charge in [-0.1, -0.05) is 18.2 Å². The highest BCUT2D eigenvalue weighted by Gasteiger charge is 2.27. The Morgan fingerprint density at radius 2 is 2.09 bits per heavy atom. The Morgan fingerprint density at radius 3 is 2.77 bits per heavy atom. The van der Waals surface area contributed by atoms with Crippen LogP contribution in [0.25, 0.3) is 5.57 Å². The maximum Gasteiger partial charge on any atom is 0.308 e. The number of carbonyl (C=O) groups is 2. The number of para-hydroxylation sites is 1. The third-order valence-electron chi connectivity index (χ3n) is 3.95. The minimum absolute atomic E-state index is 0.144. The van der Waals surface area contributed by atoms with E-state index >= 15 is 0 Å². The predicted molar refractivity (Wildman–Crippen MR) is 83.6 cm³/mol. The maximum atomic E-state index is 12.4. The lowest BCUT2D eigenvalue weighted by atomic mass is 9.98. The van der Waals surface area contributed by atoms with Crippen molar-refractivity contribution in [2.75, 3.05) is 20.2 Å². The summed E-state index contributed by atoms with van der Waals surface area (Å²) in [6, 6.07) is 7.51. The standard InChI is InChI=1S/C17H21NO4/c1-12(14-7-3-4-8-15(14)22-2)10-16(19)18-9-5-6-13(11-18)17(20)21/h3-4,7-8,10,13H,5-6,9,11H2,1-2H3,(H,20,21). The van der Waals surface area contributed by atoms with Gasteiger partial charge in [-0.25, -0.2) is 0 Å². The summed E-state index contributed by atoms with van der Waals surface area (Å²) in [6.07, 6.45) is 2.92. The number of aliphatic carboxylic acids is 1. The molecular formula is C17H21NO4. The number of ether oxygens (including phenoxy) is 1. The van der Waals surface area contributed by atoms with E-state index in [1.807, 2.05) is 31.2 Å². The Morgan fingerprint density at radius 1 is 1.36 bits per heavy atom. The van der Waals surface area contributed by atoms with E-state index in [0.717, 1.165) is 17.6 Å². The molecule has 0 saturated carbocycles. The molecule has 1 amide bonds. The van der Waals surface area contributed by atoms with Crippen molar-refractivity contribution in [1.29, 1.82) is 0 Å². The molecule has 5 nitrogen and oxygen atoms in total. The number of piperidine rings is 1. The van der Waals surface area contributed by atoms with Crippen molar-refractivity contribution >= 4 is 17.4 Å². The normalized spacial score (nSPS) is 18.9. The molecule has 2 rings (SSSR count). The van der Waals surface area contributed by atoms with Crippen LogP contribution in [0.5, 0.6) is 5.75 Å². The van der Waals surface area contributed by atoms with Crippen molar-refractivity contribution in [1.82, 2.24) is 4.90 Å². The monoisotopic (exact) mass is 303 g/mol. The van der Waals surface area contributed by atoms with Crippen molar-refractivity contribution < 1.29 is 19.4 Å². The third kappa shape index (κ3) is 3.67. The van der Waals surface area contributed by atoms with Gasteiger partial charge in [0.25, 0.3) is 0 Å². The van der Waals surface area contributed by atoms with Crippen molar-refractivity contribution in [2.24, 2.45) is 5.92 Å². The topological polar surface area (TPSA) is 66.8 Å². The van der Waals surface area contributed by atoms with Crippen LogP contribution < -0.4 is 4.74 Å². The molecule has 1 saturated heterocycles. The molecule has 1 heterocycles. The van der Waals surface area contributed by atoms with Crippen LogP contribution in [0.4, 0.5) is 0 Å². The summed E-state index contributed by atoms with van der Waals surface area (Å²) < 4.78 is 5.30. The Balaban J connectivity index is 2.14. The highest BCUT2D eigenvalue weighted by molar-refractivity contribution is 5.95. The van der Waals surface area contributed by atoms with Crippen molar-refractivity contribution in [3.63, 3.8) is 0 Å². The smallest absolute Gasteiger partial charge is 0.308 e. The van der Waals surface area contributed by atoms with Gasteiger partial charge < -0.3 is 14.7 Å². The van der Waals surface area contributed by atoms with Gasteiger partial charge in [-0.3, -0.25) is 9.59 Å². The fourth-order valence-corrected chi connectivity index (χ4v) is 2.70. The van der Waals surface area contributed by atoms with Crippen LogP contribution >= 0.6 is 0 Å². The minimum atomic E-state index is -0.831. The lowest BCUT2D eigenvalue weighted by Crippen LogP contribution is -2.41. The van der Waals surface area contributed by atoms with Gasteiger partial charge >= 0.3 is 5.97 Å². The molecule has 0 spiro atoms. The third-order valence-corrected chi connectivity index (χ3v) is 3.95. The Hall–Kier alpha value is -2.30. The highest BCUT2D eigenvalue weighted by atomic mass is 16.5. The average molecular weight is 303 g/mol. The molecule has 1 N–H and O–H groups in total. The van der Waals surface area contributed by atoms with Gasteiger partial charge in [0.2, 0.25) is 5.91 Å². The molecule has 1 fully saturated rings. The highest BCUT2D eigenvalue weighted by Crippen LogP contribution is 2.26. The molecule has 1 atom stereocenters. The second-order valence-corrected chi connectivity index (χ2v) is 5.49. The minimum Gasteiger partial charge on any atom is -0.496 e. The van der Waals surface area contributed by atoms with Crippen molar-refractivity contribution in [3.05, 3.63) is 35.9 Å². The first kappa shape index (κ1) is 16.1. The summed E-state index contributed by atoms with van der Waals surface area (Å²) in [4.78, 5) is 25.1. The van der Waals surface area contributed by atoms with Gasteiger partial charge in [0, 0.05) is 24.7 Å². The zero-order chi connectivity index (χ0) is 16.1. The maximum absolute atomic E-state index is 12.4. The van der Waals surface area contributed by atoms with E-state index in [4.69, 9.17) is 9.84 Å². The lowest BCUT2D eigenvalue weighted by Gasteiger charge is -2.30. The Bertz CT molecular complexity index is 594. The summed E-state index contributed by atoms with van der Waals surface area (Å²) >= 11 is 0. The molecule has 0 aromatic heterocycles. The molecule has 0 radical (unpaired) electrons. The lowest BCUT2D eigenvalue weighted by molar-refractivity contribution is -0.144. The number of carboxylic acid groups (broad SMARTS) is 1. The number of hydrogen-bond acceptors (Lipinski definition) is 3. The summed E-state index contributed by atoms with van der Waals surface area (Å²) in [6.45, 7) is 2.75. The number of nitrogens with zero attached hydrogens (tertiary/aromatic N) is 1. The molecule has 118 valence electrons. The van der Waals surface area contributed by atoms with Gasteiger partial charge in [0.1, 0.15) is 5.75 Å². The second-order valence-electron chi connectivity index (χ2n) is 5.49. The van der Waals surface area contributed by atoms with E-state index in [2.05, 4.69) is 0 Å². The summed E-state index contributed by atoms with van der Waals surface area (Å²) in [5.41, 5.74) is 1.67. The summed E-state index contributed by atoms with van der Waals surface area (Å²) in [7, 11) is 1.59. The first-order valence-electron chi connectivity index (χ1n) is 7.36. The molecule has 1 aromatic carbocycles. The fraction of sp³-hybridized carbons (Fsp3) is 0.412. The van der Waals surface area contributed by atoms with Gasteiger partial charge in [-0.2, -0.15) is 0 Å². The van der Waals surface area contributed by atoms with Crippen LogP contribution in [0.15, 0.2) is 30.3 Å². The largest absolute Gasteiger partial charge is 0.496 e. The van der Waals surface area contributed by atoms with E-state index in [1.54, 1.807) is 18.1 Å². The number of likely N-dealkylation sites (tertiary alicyclic amines) is 1. The predicted octanol–water partition coefficient (Wildman–Crippen LogP) is 2.42. The van der Waals surface area contributed by atoms with Crippen LogP contribution in [0.1, 0.15) is 25.3 Å². The quantitative estimate of drug-likeness (QED) is 0.868. The average Bonchev–Trinajstić information content (AvgIpc) is 2.54. The second kappa shape index (κ2) is 7.11. The first-order valence-corrected chi connectivity index (χ1v) is 7.36. The number of carboxylic acids is 1. The van der Waals surface area contributed by atoms with E-state index in [9.17, 15) is 9.59 Å². The zero-order valence-electron chi connectivity index (χ0n) is 12.9. The molecule has 5 heteroatoms. The van der Waals surface area contributed by atoms with Gasteiger partial charge in [0.05, 0.1) is 13.0 Å². The summed E-state index contributed by atoms with van der Waals surface area (Å²) in [5, 5.41) is 9.10. The first-order chi connectivity index (χ1) is 10.5. The van der Waals surface area contributed by atoms with Crippen LogP contribution in [0.2, 0.25) is 0 Å². The van der Waals surface area contributed by atoms with Crippen molar-refractivity contribution in [2.45, 2.75) is 19.8 Å². The zero-order valence-corrected chi connectivity index (χ0v) is 12.9. The van der Waals surface area contributed by atoms with Gasteiger partial charge in [0.15, 0.2) is 0 Å². The van der Waals surface area contributed by atoms with Crippen LogP contribution in [0.3, 0.4) is 0 Å². The van der Waals surface area contributed by atoms with E-state index in [1.165, 1.54) is 0 Å². The Labute approximate surface area is 130 Å². The van der Waals surface area contributed by atoms with E-state index in [0.29, 0.717) is 18.7 Å². The van der Waals surface area contributed by atoms with Crippen molar-refractivity contribution in [3.8, 4) is 5.75 Å². The molecule has 1 aliphatic rings. The SMILES string of the molecule is COc1ccccc1C(C)=CC(=O)N1CCCC(C(=O)O)C1. The molecule has 22 heavy (non-hydrogen) atoms. The molecular weight excluding hydrogens is 282 g/mol. The van der Waals surface area contributed by atoms with E-state index < -0.39 is 11.9 Å². The van der Waals surface area contributed by atoms with Crippen LogP contribution in [-0.4, -0.2) is 42.1 Å². The Kier molecular flexibility index (Phi) is 5.20. The molecule has 1 unspecified atom stereocenters. The number of amides is 1. The van der Waals surface area contributed by atoms with Crippen LogP contribution in [0, 0.1) is 5.92 Å². The van der Waals surface area contributed by atoms with Gasteiger partial charge in [-0.15, -0.1) is 0 Å². The fourth-order valence-electron chi connectivity index (χ4n) is 2.70. The number of hydrogen-bond donors (Lipinski definition) is 1. The molecule has 1 aromatic rings.